The smallest absolute Gasteiger partial charge is 0.226 e. The molecule has 0 radical (unpaired) electrons. The number of imidazole rings is 1. The van der Waals surface area contributed by atoms with Crippen molar-refractivity contribution >= 4 is 45.9 Å². The third-order valence-corrected chi connectivity index (χ3v) is 3.80. The number of anilines is 2. The largest absolute Gasteiger partial charge is 0.363 e. The maximum absolute atomic E-state index is 5.91. The molecule has 98 valence electrons. The van der Waals surface area contributed by atoms with Crippen molar-refractivity contribution in [1.82, 2.24) is 19.9 Å². The first-order chi connectivity index (χ1) is 9.26. The molecule has 0 spiro atoms. The van der Waals surface area contributed by atoms with E-state index in [9.17, 15) is 0 Å². The number of hydrogen-bond acceptors (Lipinski definition) is 6. The fourth-order valence-corrected chi connectivity index (χ4v) is 2.72. The van der Waals surface area contributed by atoms with Gasteiger partial charge < -0.3 is 15.6 Å². The molecule has 8 heteroatoms. The van der Waals surface area contributed by atoms with Crippen molar-refractivity contribution in [3.05, 3.63) is 27.7 Å². The minimum absolute atomic E-state index is 0.534. The first kappa shape index (κ1) is 12.2. The third kappa shape index (κ3) is 2.47. The summed E-state index contributed by atoms with van der Waals surface area (Å²) in [6.07, 6.45) is 1.60. The summed E-state index contributed by atoms with van der Waals surface area (Å²) in [7, 11) is 1.77. The molecule has 3 heterocycles. The molecule has 6 nitrogen and oxygen atoms in total. The van der Waals surface area contributed by atoms with Gasteiger partial charge in [-0.2, -0.15) is 9.97 Å². The Morgan fingerprint density at radius 3 is 3.00 bits per heavy atom. The Bertz CT molecular complexity index is 706. The first-order valence-electron chi connectivity index (χ1n) is 5.63. The van der Waals surface area contributed by atoms with Gasteiger partial charge in [-0.1, -0.05) is 11.6 Å². The standard InChI is InChI=1S/C11H11ClN6S/c1-13-11-17-9(8-10(18-11)16-5-15-8)14-4-6-2-3-7(12)19-6/h2-3,5H,4H2,1H3,(H3,13,14,15,16,17,18). The van der Waals surface area contributed by atoms with Crippen molar-refractivity contribution in [3.8, 4) is 0 Å². The molecule has 3 rings (SSSR count). The summed E-state index contributed by atoms with van der Waals surface area (Å²) in [6.45, 7) is 0.658. The minimum atomic E-state index is 0.534. The van der Waals surface area contributed by atoms with Crippen molar-refractivity contribution in [2.45, 2.75) is 6.54 Å². The molecule has 0 aliphatic carbocycles. The lowest BCUT2D eigenvalue weighted by molar-refractivity contribution is 1.11. The highest BCUT2D eigenvalue weighted by Crippen LogP contribution is 2.23. The van der Waals surface area contributed by atoms with Crippen LogP contribution in [0.2, 0.25) is 4.34 Å². The third-order valence-electron chi connectivity index (χ3n) is 2.57. The Balaban J connectivity index is 1.88. The number of nitrogens with one attached hydrogen (secondary N) is 3. The van der Waals surface area contributed by atoms with Crippen molar-refractivity contribution < 1.29 is 0 Å². The van der Waals surface area contributed by atoms with E-state index in [1.807, 2.05) is 12.1 Å². The highest BCUT2D eigenvalue weighted by Gasteiger charge is 2.09. The second-order valence-corrected chi connectivity index (χ2v) is 5.61. The molecule has 0 saturated heterocycles. The predicted molar refractivity (Wildman–Crippen MR) is 77.9 cm³/mol. The second kappa shape index (κ2) is 5.02. The summed E-state index contributed by atoms with van der Waals surface area (Å²) >= 11 is 7.45. The molecular weight excluding hydrogens is 284 g/mol. The SMILES string of the molecule is CNc1nc(NCc2ccc(Cl)s2)c2[nH]cnc2n1. The number of aromatic nitrogens is 4. The van der Waals surface area contributed by atoms with E-state index in [1.165, 1.54) is 0 Å². The molecule has 3 aromatic rings. The number of thiophene rings is 1. The fraction of sp³-hybridized carbons (Fsp3) is 0.182. The number of rotatable bonds is 4. The molecule has 0 bridgehead atoms. The Kier molecular flexibility index (Phi) is 3.22. The van der Waals surface area contributed by atoms with Crippen LogP contribution in [0.15, 0.2) is 18.5 Å². The molecule has 0 unspecified atom stereocenters. The van der Waals surface area contributed by atoms with Crippen LogP contribution in [0.3, 0.4) is 0 Å². The number of H-pyrrole nitrogens is 1. The van der Waals surface area contributed by atoms with Crippen molar-refractivity contribution in [2.24, 2.45) is 0 Å². The van der Waals surface area contributed by atoms with Gasteiger partial charge in [-0.25, -0.2) is 4.98 Å². The molecule has 0 saturated carbocycles. The van der Waals surface area contributed by atoms with Gasteiger partial charge in [0.1, 0.15) is 5.52 Å². The van der Waals surface area contributed by atoms with Gasteiger partial charge in [0.2, 0.25) is 5.95 Å². The number of nitrogens with zero attached hydrogens (tertiary/aromatic N) is 3. The van der Waals surface area contributed by atoms with Crippen LogP contribution >= 0.6 is 22.9 Å². The van der Waals surface area contributed by atoms with E-state index in [2.05, 4.69) is 30.6 Å². The average Bonchev–Trinajstić information content (AvgIpc) is 3.04. The lowest BCUT2D eigenvalue weighted by Crippen LogP contribution is -2.04. The van der Waals surface area contributed by atoms with Crippen LogP contribution in [0.1, 0.15) is 4.88 Å². The molecule has 0 fully saturated rings. The van der Waals surface area contributed by atoms with Gasteiger partial charge in [0, 0.05) is 11.9 Å². The summed E-state index contributed by atoms with van der Waals surface area (Å²) in [6, 6.07) is 3.87. The van der Waals surface area contributed by atoms with Gasteiger partial charge >= 0.3 is 0 Å². The van der Waals surface area contributed by atoms with Crippen LogP contribution < -0.4 is 10.6 Å². The topological polar surface area (TPSA) is 78.5 Å². The van der Waals surface area contributed by atoms with Crippen molar-refractivity contribution in [1.29, 1.82) is 0 Å². The zero-order valence-electron chi connectivity index (χ0n) is 10.1. The van der Waals surface area contributed by atoms with Gasteiger partial charge in [-0.15, -0.1) is 11.3 Å². The van der Waals surface area contributed by atoms with E-state index in [0.29, 0.717) is 18.1 Å². The quantitative estimate of drug-likeness (QED) is 0.689. The highest BCUT2D eigenvalue weighted by atomic mass is 35.5. The number of halogens is 1. The van der Waals surface area contributed by atoms with Gasteiger partial charge in [-0.3, -0.25) is 0 Å². The van der Waals surface area contributed by atoms with Gasteiger partial charge in [-0.05, 0) is 12.1 Å². The van der Waals surface area contributed by atoms with Crippen molar-refractivity contribution in [3.63, 3.8) is 0 Å². The van der Waals surface area contributed by atoms with Crippen molar-refractivity contribution in [2.75, 3.05) is 17.7 Å². The van der Waals surface area contributed by atoms with Crippen LogP contribution in [0.5, 0.6) is 0 Å². The Labute approximate surface area is 118 Å². The zero-order valence-corrected chi connectivity index (χ0v) is 11.6. The van der Waals surface area contributed by atoms with Crippen LogP contribution in [0.4, 0.5) is 11.8 Å². The molecule has 3 N–H and O–H groups in total. The highest BCUT2D eigenvalue weighted by molar-refractivity contribution is 7.16. The average molecular weight is 295 g/mol. The molecule has 3 aromatic heterocycles. The Morgan fingerprint density at radius 2 is 2.26 bits per heavy atom. The van der Waals surface area contributed by atoms with E-state index < -0.39 is 0 Å². The van der Waals surface area contributed by atoms with Crippen LogP contribution in [-0.2, 0) is 6.54 Å². The van der Waals surface area contributed by atoms with Crippen LogP contribution in [-0.4, -0.2) is 27.0 Å². The lowest BCUT2D eigenvalue weighted by atomic mass is 10.4. The molecule has 0 amide bonds. The summed E-state index contributed by atoms with van der Waals surface area (Å²) in [5.74, 6) is 1.25. The molecule has 0 aliphatic rings. The van der Waals surface area contributed by atoms with Crippen LogP contribution in [0, 0.1) is 0 Å². The summed E-state index contributed by atoms with van der Waals surface area (Å²) in [5.41, 5.74) is 1.42. The lowest BCUT2D eigenvalue weighted by Gasteiger charge is -2.06. The van der Waals surface area contributed by atoms with E-state index in [-0.39, 0.29) is 0 Å². The van der Waals surface area contributed by atoms with Gasteiger partial charge in [0.25, 0.3) is 0 Å². The van der Waals surface area contributed by atoms with E-state index >= 15 is 0 Å². The molecule has 19 heavy (non-hydrogen) atoms. The molecule has 0 aliphatic heterocycles. The number of aromatic amines is 1. The second-order valence-electron chi connectivity index (χ2n) is 3.81. The predicted octanol–water partition coefficient (Wildman–Crippen LogP) is 2.72. The van der Waals surface area contributed by atoms with E-state index in [1.54, 1.807) is 24.7 Å². The number of fused-ring (bicyclic) bond motifs is 1. The van der Waals surface area contributed by atoms with Gasteiger partial charge in [0.15, 0.2) is 11.5 Å². The Hall–Kier alpha value is -1.86. The van der Waals surface area contributed by atoms with E-state index in [4.69, 9.17) is 11.6 Å². The molecular formula is C11H11ClN6S. The fourth-order valence-electron chi connectivity index (χ4n) is 1.69. The first-order valence-corrected chi connectivity index (χ1v) is 6.82. The van der Waals surface area contributed by atoms with Gasteiger partial charge in [0.05, 0.1) is 17.2 Å². The summed E-state index contributed by atoms with van der Waals surface area (Å²) in [4.78, 5) is 16.9. The summed E-state index contributed by atoms with van der Waals surface area (Å²) in [5, 5.41) is 6.18. The normalized spacial score (nSPS) is 10.8. The maximum Gasteiger partial charge on any atom is 0.226 e. The van der Waals surface area contributed by atoms with Crippen LogP contribution in [0.25, 0.3) is 11.2 Å². The van der Waals surface area contributed by atoms with E-state index in [0.717, 1.165) is 20.5 Å². The number of hydrogen-bond donors (Lipinski definition) is 3. The maximum atomic E-state index is 5.91. The Morgan fingerprint density at radius 1 is 1.37 bits per heavy atom. The zero-order chi connectivity index (χ0) is 13.2. The molecule has 0 aromatic carbocycles. The molecule has 0 atom stereocenters. The minimum Gasteiger partial charge on any atom is -0.363 e. The monoisotopic (exact) mass is 294 g/mol. The summed E-state index contributed by atoms with van der Waals surface area (Å²) < 4.78 is 0.780.